The predicted molar refractivity (Wildman–Crippen MR) is 168 cm³/mol. The predicted octanol–water partition coefficient (Wildman–Crippen LogP) is 12.6. The number of rotatable bonds is 30. The highest BCUT2D eigenvalue weighted by molar-refractivity contribution is 6.01. The summed E-state index contributed by atoms with van der Waals surface area (Å²) in [5.74, 6) is 0.931. The highest BCUT2D eigenvalue weighted by atomic mass is 16.5. The third-order valence-corrected chi connectivity index (χ3v) is 8.51. The van der Waals surface area contributed by atoms with Crippen molar-refractivity contribution in [3.05, 3.63) is 11.8 Å². The van der Waals surface area contributed by atoms with Crippen molar-refractivity contribution in [2.75, 3.05) is 0 Å². The molecular weight excluding hydrogens is 464 g/mol. The van der Waals surface area contributed by atoms with Crippen molar-refractivity contribution in [1.82, 2.24) is 0 Å². The molecule has 2 heteroatoms. The first-order valence-corrected chi connectivity index (χ1v) is 17.7. The van der Waals surface area contributed by atoms with E-state index in [2.05, 4.69) is 19.9 Å². The van der Waals surface area contributed by atoms with Gasteiger partial charge in [0.05, 0.1) is 0 Å². The average molecular weight is 533 g/mol. The Morgan fingerprint density at radius 3 is 1.13 bits per heavy atom. The smallest absolute Gasteiger partial charge is 0.237 e. The lowest BCUT2D eigenvalue weighted by Gasteiger charge is -2.29. The van der Waals surface area contributed by atoms with Gasteiger partial charge in [0.15, 0.2) is 11.9 Å². The molecule has 1 fully saturated rings. The Balaban J connectivity index is 1.79. The molecule has 2 nitrogen and oxygen atoms in total. The maximum Gasteiger partial charge on any atom is 0.237 e. The lowest BCUT2D eigenvalue weighted by molar-refractivity contribution is -0.142. The summed E-state index contributed by atoms with van der Waals surface area (Å²) in [6.07, 6.45) is 42.6. The van der Waals surface area contributed by atoms with Crippen molar-refractivity contribution < 1.29 is 9.53 Å². The molecule has 1 unspecified atom stereocenters. The number of hydrogen-bond acceptors (Lipinski definition) is 2. The van der Waals surface area contributed by atoms with Crippen LogP contribution >= 0.6 is 0 Å². The van der Waals surface area contributed by atoms with Crippen LogP contribution in [-0.2, 0) is 9.53 Å². The number of allylic oxidation sites excluding steroid dienone is 1. The quantitative estimate of drug-likeness (QED) is 0.0679. The minimum atomic E-state index is -0.130. The van der Waals surface area contributed by atoms with Crippen molar-refractivity contribution in [2.24, 2.45) is 0 Å². The van der Waals surface area contributed by atoms with Crippen LogP contribution in [-0.4, -0.2) is 11.9 Å². The Hall–Kier alpha value is -0.790. The second-order valence-corrected chi connectivity index (χ2v) is 12.3. The van der Waals surface area contributed by atoms with Gasteiger partial charge >= 0.3 is 0 Å². The fourth-order valence-electron chi connectivity index (χ4n) is 5.80. The van der Waals surface area contributed by atoms with Crippen LogP contribution in [0.15, 0.2) is 11.8 Å². The summed E-state index contributed by atoms with van der Waals surface area (Å²) in [5, 5.41) is 0. The van der Waals surface area contributed by atoms with E-state index in [-0.39, 0.29) is 11.9 Å². The number of Topliss-reactive ketones (excluding diaryl/α,β-unsaturated/α-hetero) is 1. The highest BCUT2D eigenvalue weighted by Crippen LogP contribution is 2.26. The number of unbranched alkanes of at least 4 members (excludes halogenated alkanes) is 27. The Labute approximate surface area is 239 Å². The fourth-order valence-corrected chi connectivity index (χ4v) is 5.80. The number of carbonyl (C=O) groups excluding carboxylic acids is 1. The zero-order valence-corrected chi connectivity index (χ0v) is 26.2. The minimum Gasteiger partial charge on any atom is -0.479 e. The lowest BCUT2D eigenvalue weighted by Crippen LogP contribution is -2.37. The largest absolute Gasteiger partial charge is 0.479 e. The number of ether oxygens (including phenoxy) is 1. The molecular formula is C36H68O2. The molecule has 0 spiro atoms. The topological polar surface area (TPSA) is 26.3 Å². The molecule has 1 heterocycles. The zero-order chi connectivity index (χ0) is 27.4. The van der Waals surface area contributed by atoms with Crippen LogP contribution in [0.3, 0.4) is 0 Å². The zero-order valence-electron chi connectivity index (χ0n) is 26.2. The third kappa shape index (κ3) is 21.1. The molecule has 1 aliphatic heterocycles. The molecule has 38 heavy (non-hydrogen) atoms. The first-order valence-electron chi connectivity index (χ1n) is 17.7. The molecule has 0 amide bonds. The normalized spacial score (nSPS) is 16.2. The summed E-state index contributed by atoms with van der Waals surface area (Å²) in [7, 11) is 0. The second kappa shape index (κ2) is 27.8. The van der Waals surface area contributed by atoms with Gasteiger partial charge in [-0.15, -0.1) is 0 Å². The summed E-state index contributed by atoms with van der Waals surface area (Å²) in [6.45, 7) is 4.58. The van der Waals surface area contributed by atoms with Gasteiger partial charge in [0, 0.05) is 0 Å². The van der Waals surface area contributed by atoms with Crippen LogP contribution in [0.1, 0.15) is 206 Å². The summed E-state index contributed by atoms with van der Waals surface area (Å²) in [6, 6.07) is 0. The monoisotopic (exact) mass is 533 g/mol. The summed E-state index contributed by atoms with van der Waals surface area (Å²) in [4.78, 5) is 12.3. The molecule has 0 radical (unpaired) electrons. The molecule has 1 saturated heterocycles. The van der Waals surface area contributed by atoms with Gasteiger partial charge in [-0.25, -0.2) is 0 Å². The molecule has 0 aromatic carbocycles. The Kier molecular flexibility index (Phi) is 25.7. The van der Waals surface area contributed by atoms with E-state index in [9.17, 15) is 4.79 Å². The van der Waals surface area contributed by atoms with Crippen LogP contribution in [0.4, 0.5) is 0 Å². The van der Waals surface area contributed by atoms with Crippen LogP contribution in [0, 0.1) is 0 Å². The van der Waals surface area contributed by atoms with Gasteiger partial charge in [0.1, 0.15) is 0 Å². The summed E-state index contributed by atoms with van der Waals surface area (Å²) < 4.78 is 5.80. The maximum atomic E-state index is 12.3. The molecule has 0 aromatic rings. The Bertz CT molecular complexity index is 537. The molecule has 0 saturated carbocycles. The molecule has 0 aromatic heterocycles. The number of hydrogen-bond donors (Lipinski definition) is 0. The standard InChI is InChI=1S/C36H68O2/c1-3-5-7-9-11-13-15-17-19-21-23-25-27-29-31-33-35-36(37)34(38-35)32-30-28-26-24-22-20-18-16-14-12-10-8-6-4-2/h33-34H,3-32H2,1-2H3. The van der Waals surface area contributed by atoms with Gasteiger partial charge in [0.25, 0.3) is 0 Å². The average Bonchev–Trinajstić information content (AvgIpc) is 2.93. The van der Waals surface area contributed by atoms with E-state index in [1.54, 1.807) is 0 Å². The lowest BCUT2D eigenvalue weighted by atomic mass is 9.98. The SMILES string of the molecule is CCCCCCCCCCCCCCCCC=C1OC(CCCCCCCCCCCCCCCC)C1=O. The van der Waals surface area contributed by atoms with E-state index in [1.165, 1.54) is 173 Å². The maximum absolute atomic E-state index is 12.3. The molecule has 1 rings (SSSR count). The number of ketones is 1. The molecule has 0 aliphatic carbocycles. The summed E-state index contributed by atoms with van der Waals surface area (Å²) in [5.41, 5.74) is 0. The Morgan fingerprint density at radius 2 is 0.789 bits per heavy atom. The van der Waals surface area contributed by atoms with E-state index < -0.39 is 0 Å². The van der Waals surface area contributed by atoms with Gasteiger partial charge in [-0.05, 0) is 31.8 Å². The van der Waals surface area contributed by atoms with Gasteiger partial charge in [-0.3, -0.25) is 4.79 Å². The summed E-state index contributed by atoms with van der Waals surface area (Å²) >= 11 is 0. The Morgan fingerprint density at radius 1 is 0.474 bits per heavy atom. The van der Waals surface area contributed by atoms with Crippen molar-refractivity contribution in [3.63, 3.8) is 0 Å². The van der Waals surface area contributed by atoms with Crippen molar-refractivity contribution in [3.8, 4) is 0 Å². The van der Waals surface area contributed by atoms with E-state index in [0.29, 0.717) is 5.76 Å². The van der Waals surface area contributed by atoms with E-state index >= 15 is 0 Å². The first kappa shape index (κ1) is 35.2. The fraction of sp³-hybridized carbons (Fsp3) is 0.917. The van der Waals surface area contributed by atoms with Crippen LogP contribution in [0.2, 0.25) is 0 Å². The molecule has 0 N–H and O–H groups in total. The van der Waals surface area contributed by atoms with Crippen molar-refractivity contribution in [1.29, 1.82) is 0 Å². The van der Waals surface area contributed by atoms with Crippen LogP contribution in [0.5, 0.6) is 0 Å². The van der Waals surface area contributed by atoms with Crippen LogP contribution in [0.25, 0.3) is 0 Å². The van der Waals surface area contributed by atoms with E-state index in [1.807, 2.05) is 0 Å². The first-order chi connectivity index (χ1) is 18.8. The van der Waals surface area contributed by atoms with Crippen LogP contribution < -0.4 is 0 Å². The molecule has 1 atom stereocenters. The van der Waals surface area contributed by atoms with Crippen molar-refractivity contribution >= 4 is 5.78 Å². The van der Waals surface area contributed by atoms with E-state index in [0.717, 1.165) is 19.3 Å². The number of carbonyl (C=O) groups is 1. The molecule has 1 aliphatic rings. The van der Waals surface area contributed by atoms with Gasteiger partial charge in [-0.1, -0.05) is 181 Å². The van der Waals surface area contributed by atoms with E-state index in [4.69, 9.17) is 4.74 Å². The highest BCUT2D eigenvalue weighted by Gasteiger charge is 2.35. The van der Waals surface area contributed by atoms with Crippen molar-refractivity contribution in [2.45, 2.75) is 213 Å². The molecule has 224 valence electrons. The minimum absolute atomic E-state index is 0.130. The third-order valence-electron chi connectivity index (χ3n) is 8.51. The van der Waals surface area contributed by atoms with Gasteiger partial charge in [0.2, 0.25) is 5.78 Å². The molecule has 0 bridgehead atoms. The van der Waals surface area contributed by atoms with Gasteiger partial charge in [-0.2, -0.15) is 0 Å². The van der Waals surface area contributed by atoms with Gasteiger partial charge < -0.3 is 4.74 Å². The second-order valence-electron chi connectivity index (χ2n) is 12.3.